The summed E-state index contributed by atoms with van der Waals surface area (Å²) in [5, 5.41) is 0. The Balaban J connectivity index is 0.000000720. The second-order valence-electron chi connectivity index (χ2n) is 3.12. The van der Waals surface area contributed by atoms with Crippen LogP contribution in [0.3, 0.4) is 0 Å². The zero-order valence-corrected chi connectivity index (χ0v) is 9.84. The van der Waals surface area contributed by atoms with Gasteiger partial charge in [-0.25, -0.2) is 6.08 Å². The molecule has 0 aromatic heterocycles. The van der Waals surface area contributed by atoms with Crippen molar-refractivity contribution in [1.29, 1.82) is 0 Å². The maximum Gasteiger partial charge on any atom is 0.0117 e. The molecule has 1 unspecified atom stereocenters. The van der Waals surface area contributed by atoms with E-state index in [1.165, 1.54) is 5.57 Å². The third kappa shape index (κ3) is 1.83. The van der Waals surface area contributed by atoms with Crippen LogP contribution in [0.4, 0.5) is 0 Å². The summed E-state index contributed by atoms with van der Waals surface area (Å²) in [6.45, 7) is 2.09. The van der Waals surface area contributed by atoms with Crippen molar-refractivity contribution in [2.45, 2.75) is 13.3 Å². The topological polar surface area (TPSA) is 17.1 Å². The fourth-order valence-corrected chi connectivity index (χ4v) is 1.59. The minimum absolute atomic E-state index is 0. The molecule has 0 aromatic carbocycles. The average Bonchev–Trinajstić information content (AvgIpc) is 2.27. The molecule has 0 saturated carbocycles. The Kier molecular flexibility index (Phi) is 3.19. The van der Waals surface area contributed by atoms with Crippen LogP contribution in [-0.2, 0) is 37.5 Å². The molecule has 1 radical (unpaired) electrons. The molecule has 0 N–H and O–H groups in total. The van der Waals surface area contributed by atoms with Crippen molar-refractivity contribution in [1.82, 2.24) is 0 Å². The Bertz CT molecular complexity index is 297. The second kappa shape index (κ2) is 3.80. The van der Waals surface area contributed by atoms with Gasteiger partial charge in [-0.15, -0.1) is 5.57 Å². The Labute approximate surface area is 97.5 Å². The quantitative estimate of drug-likeness (QED) is 0.584. The van der Waals surface area contributed by atoms with Crippen molar-refractivity contribution in [2.24, 2.45) is 5.92 Å². The van der Waals surface area contributed by atoms with Crippen molar-refractivity contribution in [3.8, 4) is 0 Å². The molecule has 2 aliphatic rings. The number of hydrogen-bond donors (Lipinski definition) is 0. The zero-order valence-electron chi connectivity index (χ0n) is 7.00. The summed E-state index contributed by atoms with van der Waals surface area (Å²) in [6.07, 6.45) is 9.42. The first kappa shape index (κ1) is 10.1. The Morgan fingerprint density at radius 2 is 2.25 bits per heavy atom. The molecule has 59 valence electrons. The minimum Gasteiger partial charge on any atom is -0.333 e. The largest absolute Gasteiger partial charge is 0.333 e. The van der Waals surface area contributed by atoms with Crippen LogP contribution in [0.15, 0.2) is 29.4 Å². The fraction of sp³-hybridized carbons (Fsp3) is 0.300. The summed E-state index contributed by atoms with van der Waals surface area (Å²) < 4.78 is 0. The molecule has 0 amide bonds. The maximum absolute atomic E-state index is 10.9. The van der Waals surface area contributed by atoms with Gasteiger partial charge < -0.3 is 4.79 Å². The van der Waals surface area contributed by atoms with Crippen LogP contribution in [0.25, 0.3) is 0 Å². The van der Waals surface area contributed by atoms with Gasteiger partial charge in [-0.2, -0.15) is 12.2 Å². The number of fused-ring (bicyclic) bond motifs is 1. The van der Waals surface area contributed by atoms with Gasteiger partial charge in [0.1, 0.15) is 0 Å². The van der Waals surface area contributed by atoms with Gasteiger partial charge in [-0.3, -0.25) is 0 Å². The van der Waals surface area contributed by atoms with Gasteiger partial charge in [-0.05, 0) is 19.3 Å². The number of hydrogen-bond acceptors (Lipinski definition) is 1. The first-order chi connectivity index (χ1) is 5.25. The van der Waals surface area contributed by atoms with Gasteiger partial charge in [0.05, 0.1) is 0 Å². The van der Waals surface area contributed by atoms with E-state index in [4.69, 9.17) is 0 Å². The number of ketones is 1. The predicted octanol–water partition coefficient (Wildman–Crippen LogP) is 1.82. The molecule has 0 aromatic rings. The maximum atomic E-state index is 10.9. The van der Waals surface area contributed by atoms with Crippen molar-refractivity contribution in [2.75, 3.05) is 0 Å². The van der Waals surface area contributed by atoms with E-state index in [0.29, 0.717) is 5.92 Å². The number of carbonyl (C=O) groups excluding carboxylic acids is 1. The van der Waals surface area contributed by atoms with Crippen LogP contribution < -0.4 is 0 Å². The molecule has 0 bridgehead atoms. The molecule has 2 rings (SSSR count). The molecule has 2 aliphatic carbocycles. The van der Waals surface area contributed by atoms with Gasteiger partial charge in [-0.1, -0.05) is 11.6 Å². The SMILES string of the molecule is CC1=CC2=CC(=O)[C-]=CC2C1.[Y]. The summed E-state index contributed by atoms with van der Waals surface area (Å²) in [5.41, 5.74) is 2.51. The minimum atomic E-state index is 0. The van der Waals surface area contributed by atoms with Gasteiger partial charge in [0.25, 0.3) is 0 Å². The van der Waals surface area contributed by atoms with Crippen LogP contribution in [0.5, 0.6) is 0 Å². The van der Waals surface area contributed by atoms with E-state index in [1.807, 2.05) is 6.08 Å². The zero-order chi connectivity index (χ0) is 7.84. The van der Waals surface area contributed by atoms with Crippen molar-refractivity contribution in [3.63, 3.8) is 0 Å². The smallest absolute Gasteiger partial charge is 0.0117 e. The fourth-order valence-electron chi connectivity index (χ4n) is 1.59. The molecule has 0 fully saturated rings. The van der Waals surface area contributed by atoms with Gasteiger partial charge in [0.15, 0.2) is 0 Å². The summed E-state index contributed by atoms with van der Waals surface area (Å²) >= 11 is 0. The van der Waals surface area contributed by atoms with E-state index >= 15 is 0 Å². The van der Waals surface area contributed by atoms with Crippen molar-refractivity contribution in [3.05, 3.63) is 35.5 Å². The molecule has 0 saturated heterocycles. The van der Waals surface area contributed by atoms with Gasteiger partial charge in [0, 0.05) is 38.5 Å². The van der Waals surface area contributed by atoms with E-state index in [9.17, 15) is 4.79 Å². The van der Waals surface area contributed by atoms with E-state index in [0.717, 1.165) is 12.0 Å². The first-order valence-electron chi connectivity index (χ1n) is 3.78. The summed E-state index contributed by atoms with van der Waals surface area (Å²) in [4.78, 5) is 10.9. The molecular formula is C10H9OY-. The van der Waals surface area contributed by atoms with Crippen LogP contribution in [-0.4, -0.2) is 5.78 Å². The van der Waals surface area contributed by atoms with Crippen molar-refractivity contribution >= 4 is 5.78 Å². The van der Waals surface area contributed by atoms with E-state index in [-0.39, 0.29) is 38.5 Å². The van der Waals surface area contributed by atoms with E-state index < -0.39 is 0 Å². The summed E-state index contributed by atoms with van der Waals surface area (Å²) in [6, 6.07) is 0. The molecule has 1 nitrogen and oxygen atoms in total. The van der Waals surface area contributed by atoms with Gasteiger partial charge >= 0.3 is 0 Å². The average molecular weight is 234 g/mol. The Morgan fingerprint density at radius 3 is 3.00 bits per heavy atom. The normalized spacial score (nSPS) is 25.8. The Hall–Kier alpha value is -0.00610. The number of rotatable bonds is 0. The molecule has 0 spiro atoms. The van der Waals surface area contributed by atoms with E-state index in [1.54, 1.807) is 6.08 Å². The van der Waals surface area contributed by atoms with Crippen LogP contribution in [0, 0.1) is 12.0 Å². The molecule has 0 heterocycles. The molecule has 1 atom stereocenters. The monoisotopic (exact) mass is 234 g/mol. The van der Waals surface area contributed by atoms with Crippen molar-refractivity contribution < 1.29 is 37.5 Å². The van der Waals surface area contributed by atoms with Crippen LogP contribution in [0.2, 0.25) is 0 Å². The Morgan fingerprint density at radius 1 is 1.50 bits per heavy atom. The predicted molar refractivity (Wildman–Crippen MR) is 42.8 cm³/mol. The summed E-state index contributed by atoms with van der Waals surface area (Å²) in [7, 11) is 0. The van der Waals surface area contributed by atoms with Crippen LogP contribution >= 0.6 is 0 Å². The van der Waals surface area contributed by atoms with E-state index in [2.05, 4.69) is 19.1 Å². The third-order valence-corrected chi connectivity index (χ3v) is 2.11. The molecular weight excluding hydrogens is 225 g/mol. The number of allylic oxidation sites excluding steroid dienone is 6. The van der Waals surface area contributed by atoms with Crippen LogP contribution in [0.1, 0.15) is 13.3 Å². The molecule has 12 heavy (non-hydrogen) atoms. The first-order valence-corrected chi connectivity index (χ1v) is 3.78. The summed E-state index contributed by atoms with van der Waals surface area (Å²) in [5.74, 6) is 0.440. The third-order valence-electron chi connectivity index (χ3n) is 2.11. The molecule has 0 aliphatic heterocycles. The number of carbonyl (C=O) groups is 1. The van der Waals surface area contributed by atoms with Gasteiger partial charge in [0.2, 0.25) is 0 Å². The standard InChI is InChI=1S/C10H9O.Y/c1-7-4-8-2-3-10(11)6-9(8)5-7;/h2,5-6,8H,4H2,1H3;/q-1;. The second-order valence-corrected chi connectivity index (χ2v) is 3.12. The molecule has 2 heteroatoms.